The Hall–Kier alpha value is -5.19. The van der Waals surface area contributed by atoms with Crippen molar-refractivity contribution in [3.63, 3.8) is 0 Å². The van der Waals surface area contributed by atoms with E-state index in [4.69, 9.17) is 9.26 Å². The van der Waals surface area contributed by atoms with Crippen LogP contribution in [0.15, 0.2) is 82.1 Å². The first-order chi connectivity index (χ1) is 17.4. The number of carbonyl (C=O) groups excluding carboxylic acids is 1. The number of rotatable bonds is 6. The van der Waals surface area contributed by atoms with E-state index in [0.717, 1.165) is 0 Å². The summed E-state index contributed by atoms with van der Waals surface area (Å²) < 4.78 is 11.8. The molecule has 5 aromatic rings. The summed E-state index contributed by atoms with van der Waals surface area (Å²) in [5.74, 6) is 0.189. The second kappa shape index (κ2) is 9.22. The quantitative estimate of drug-likeness (QED) is 0.199. The highest BCUT2D eigenvalue weighted by Crippen LogP contribution is 2.20. The van der Waals surface area contributed by atoms with Gasteiger partial charge in [0, 0.05) is 17.7 Å². The van der Waals surface area contributed by atoms with Crippen molar-refractivity contribution >= 4 is 22.6 Å². The summed E-state index contributed by atoms with van der Waals surface area (Å²) >= 11 is 0. The highest BCUT2D eigenvalue weighted by molar-refractivity contribution is 5.89. The second-order valence-corrected chi connectivity index (χ2v) is 7.76. The number of ether oxygens (including phenoxy) is 1. The van der Waals surface area contributed by atoms with E-state index in [0.29, 0.717) is 28.0 Å². The van der Waals surface area contributed by atoms with Gasteiger partial charge in [-0.2, -0.15) is 4.98 Å². The number of benzene rings is 3. The number of non-ortho nitro benzene ring substituents is 1. The lowest BCUT2D eigenvalue weighted by molar-refractivity contribution is -0.384. The van der Waals surface area contributed by atoms with Gasteiger partial charge in [-0.3, -0.25) is 19.5 Å². The summed E-state index contributed by atoms with van der Waals surface area (Å²) in [5.41, 5.74) is 1.72. The molecule has 36 heavy (non-hydrogen) atoms. The number of esters is 1. The molecular formula is C25H17N5O6. The van der Waals surface area contributed by atoms with E-state index in [2.05, 4.69) is 15.1 Å². The number of fused-ring (bicyclic) bond motifs is 1. The molecule has 11 nitrogen and oxygen atoms in total. The van der Waals surface area contributed by atoms with Crippen molar-refractivity contribution in [2.24, 2.45) is 0 Å². The molecule has 2 aromatic heterocycles. The molecule has 0 N–H and O–H groups in total. The van der Waals surface area contributed by atoms with Crippen LogP contribution in [-0.4, -0.2) is 30.6 Å². The number of aromatic nitrogens is 4. The zero-order valence-electron chi connectivity index (χ0n) is 18.8. The minimum atomic E-state index is -0.614. The highest BCUT2D eigenvalue weighted by atomic mass is 16.6. The molecular weight excluding hydrogens is 466 g/mol. The Morgan fingerprint density at radius 1 is 1.03 bits per heavy atom. The van der Waals surface area contributed by atoms with Gasteiger partial charge in [0.25, 0.3) is 17.1 Å². The highest BCUT2D eigenvalue weighted by Gasteiger charge is 2.15. The van der Waals surface area contributed by atoms with Crippen LogP contribution in [0.4, 0.5) is 5.69 Å². The van der Waals surface area contributed by atoms with Crippen LogP contribution >= 0.6 is 0 Å². The van der Waals surface area contributed by atoms with E-state index < -0.39 is 10.9 Å². The molecule has 0 aliphatic carbocycles. The molecule has 11 heteroatoms. The number of para-hydroxylation sites is 1. The van der Waals surface area contributed by atoms with E-state index in [1.165, 1.54) is 28.8 Å². The number of aryl methyl sites for hydroxylation is 1. The molecule has 0 saturated carbocycles. The normalized spacial score (nSPS) is 10.9. The van der Waals surface area contributed by atoms with Gasteiger partial charge in [0.05, 0.1) is 27.1 Å². The fraction of sp³-hybridized carbons (Fsp3) is 0.0800. The summed E-state index contributed by atoms with van der Waals surface area (Å²) in [4.78, 5) is 44.4. The van der Waals surface area contributed by atoms with Crippen LogP contribution < -0.4 is 5.56 Å². The number of nitrogens with zero attached hydrogens (tertiary/aromatic N) is 5. The van der Waals surface area contributed by atoms with Crippen molar-refractivity contribution in [3.8, 4) is 17.1 Å². The van der Waals surface area contributed by atoms with Crippen molar-refractivity contribution in [1.82, 2.24) is 19.7 Å². The molecule has 0 unspecified atom stereocenters. The van der Waals surface area contributed by atoms with Gasteiger partial charge in [-0.25, -0.2) is 9.78 Å². The molecule has 178 valence electrons. The van der Waals surface area contributed by atoms with Gasteiger partial charge < -0.3 is 9.26 Å². The lowest BCUT2D eigenvalue weighted by Crippen LogP contribution is -2.22. The van der Waals surface area contributed by atoms with Crippen LogP contribution in [-0.2, 0) is 11.3 Å². The van der Waals surface area contributed by atoms with Crippen LogP contribution in [0.25, 0.3) is 28.0 Å². The Bertz CT molecular complexity index is 1660. The smallest absolute Gasteiger partial charge is 0.338 e. The Morgan fingerprint density at radius 2 is 1.75 bits per heavy atom. The molecule has 0 spiro atoms. The van der Waals surface area contributed by atoms with Crippen LogP contribution in [0.5, 0.6) is 0 Å². The monoisotopic (exact) mass is 483 g/mol. The third-order valence-electron chi connectivity index (χ3n) is 5.44. The number of carbonyl (C=O) groups is 1. The van der Waals surface area contributed by atoms with E-state index in [-0.39, 0.29) is 35.1 Å². The Balaban J connectivity index is 1.28. The molecule has 3 aromatic carbocycles. The summed E-state index contributed by atoms with van der Waals surface area (Å²) in [6.07, 6.45) is 0. The van der Waals surface area contributed by atoms with Gasteiger partial charge >= 0.3 is 5.97 Å². The molecule has 0 aliphatic rings. The fourth-order valence-corrected chi connectivity index (χ4v) is 3.67. The van der Waals surface area contributed by atoms with E-state index >= 15 is 0 Å². The van der Waals surface area contributed by atoms with Crippen LogP contribution in [0.3, 0.4) is 0 Å². The predicted octanol–water partition coefficient (Wildman–Crippen LogP) is 4.01. The Kier molecular flexibility index (Phi) is 5.79. The molecule has 2 heterocycles. The van der Waals surface area contributed by atoms with Crippen molar-refractivity contribution in [3.05, 3.63) is 111 Å². The molecule has 0 radical (unpaired) electrons. The third-order valence-corrected chi connectivity index (χ3v) is 5.44. The topological polar surface area (TPSA) is 143 Å². The SMILES string of the molecule is Cc1nc2ccccc2c(=O)n1-c1ccc(C(=O)OCc2nc(-c3ccc([N+](=O)[O-])cc3)no2)cc1. The van der Waals surface area contributed by atoms with E-state index in [1.54, 1.807) is 49.4 Å². The van der Waals surface area contributed by atoms with E-state index in [9.17, 15) is 19.7 Å². The largest absolute Gasteiger partial charge is 0.452 e. The molecule has 5 rings (SSSR count). The van der Waals surface area contributed by atoms with Crippen molar-refractivity contribution in [2.45, 2.75) is 13.5 Å². The zero-order chi connectivity index (χ0) is 25.2. The first kappa shape index (κ1) is 22.6. The van der Waals surface area contributed by atoms with Gasteiger partial charge in [-0.05, 0) is 55.5 Å². The number of nitro benzene ring substituents is 1. The molecule has 0 atom stereocenters. The first-order valence-corrected chi connectivity index (χ1v) is 10.7. The number of nitro groups is 1. The zero-order valence-corrected chi connectivity index (χ0v) is 18.8. The Labute approximate surface area is 202 Å². The third kappa shape index (κ3) is 4.32. The van der Waals surface area contributed by atoms with Crippen LogP contribution in [0.1, 0.15) is 22.1 Å². The van der Waals surface area contributed by atoms with Crippen molar-refractivity contribution in [2.75, 3.05) is 0 Å². The van der Waals surface area contributed by atoms with Gasteiger partial charge in [0.15, 0.2) is 6.61 Å². The lowest BCUT2D eigenvalue weighted by Gasteiger charge is -2.11. The minimum Gasteiger partial charge on any atom is -0.452 e. The molecule has 0 amide bonds. The molecule has 0 bridgehead atoms. The minimum absolute atomic E-state index is 0.0562. The van der Waals surface area contributed by atoms with Crippen LogP contribution in [0, 0.1) is 17.0 Å². The summed E-state index contributed by atoms with van der Waals surface area (Å²) in [5, 5.41) is 15.1. The molecule has 0 saturated heterocycles. The van der Waals surface area contributed by atoms with Crippen molar-refractivity contribution < 1.29 is 19.0 Å². The maximum absolute atomic E-state index is 13.0. The summed E-state index contributed by atoms with van der Waals surface area (Å²) in [6.45, 7) is 1.49. The number of hydrogen-bond donors (Lipinski definition) is 0. The van der Waals surface area contributed by atoms with Gasteiger partial charge in [0.1, 0.15) is 5.82 Å². The molecule has 0 fully saturated rings. The summed E-state index contributed by atoms with van der Waals surface area (Å²) in [6, 6.07) is 19.1. The van der Waals surface area contributed by atoms with Crippen LogP contribution in [0.2, 0.25) is 0 Å². The second-order valence-electron chi connectivity index (χ2n) is 7.76. The van der Waals surface area contributed by atoms with Gasteiger partial charge in [-0.1, -0.05) is 17.3 Å². The van der Waals surface area contributed by atoms with E-state index in [1.807, 2.05) is 6.07 Å². The Morgan fingerprint density at radius 3 is 2.47 bits per heavy atom. The maximum Gasteiger partial charge on any atom is 0.338 e. The average molecular weight is 483 g/mol. The van der Waals surface area contributed by atoms with Gasteiger partial charge in [-0.15, -0.1) is 0 Å². The van der Waals surface area contributed by atoms with Gasteiger partial charge in [0.2, 0.25) is 5.82 Å². The average Bonchev–Trinajstić information content (AvgIpc) is 3.37. The standard InChI is InChI=1S/C25H17N5O6/c1-15-26-21-5-3-2-4-20(21)24(31)29(15)18-10-8-17(9-11-18)25(32)35-14-22-27-23(28-36-22)16-6-12-19(13-7-16)30(33)34/h2-13H,14H2,1H3. The lowest BCUT2D eigenvalue weighted by atomic mass is 10.2. The summed E-state index contributed by atoms with van der Waals surface area (Å²) in [7, 11) is 0. The first-order valence-electron chi connectivity index (χ1n) is 10.7. The van der Waals surface area contributed by atoms with Crippen molar-refractivity contribution in [1.29, 1.82) is 0 Å². The predicted molar refractivity (Wildman–Crippen MR) is 128 cm³/mol. The fourth-order valence-electron chi connectivity index (χ4n) is 3.67. The molecule has 0 aliphatic heterocycles. The maximum atomic E-state index is 13.0. The number of hydrogen-bond acceptors (Lipinski definition) is 9.